The molecule has 0 saturated carbocycles. The molecule has 2 aromatic rings. The van der Waals surface area contributed by atoms with E-state index in [2.05, 4.69) is 10.2 Å². The second-order valence-electron chi connectivity index (χ2n) is 4.02. The molecule has 1 aromatic carbocycles. The number of nitrogens with one attached hydrogen (secondary N) is 1. The molecule has 0 aliphatic heterocycles. The molecule has 19 heavy (non-hydrogen) atoms. The smallest absolute Gasteiger partial charge is 0.264 e. The van der Waals surface area contributed by atoms with E-state index < -0.39 is 9.84 Å². The second kappa shape index (κ2) is 5.19. The quantitative estimate of drug-likeness (QED) is 0.917. The van der Waals surface area contributed by atoms with Crippen LogP contribution in [0.5, 0.6) is 0 Å². The summed E-state index contributed by atoms with van der Waals surface area (Å²) in [6.07, 6.45) is 4.68. The lowest BCUT2D eigenvalue weighted by atomic mass is 10.2. The first-order chi connectivity index (χ1) is 8.95. The molecule has 5 nitrogen and oxygen atoms in total. The van der Waals surface area contributed by atoms with Gasteiger partial charge in [0.25, 0.3) is 5.56 Å². The standard InChI is InChI=1S/C13H12N2O3S/c1-19(17,18)12-7-3-10(4-8-12)2-5-11-6-9-13(16)15-14-11/h2-9H,1H3,(H,15,16)/b5-2+. The van der Waals surface area contributed by atoms with E-state index in [0.29, 0.717) is 5.69 Å². The molecule has 0 unspecified atom stereocenters. The minimum absolute atomic E-state index is 0.255. The predicted octanol–water partition coefficient (Wildman–Crippen LogP) is 1.34. The summed E-state index contributed by atoms with van der Waals surface area (Å²) in [5, 5.41) is 6.16. The van der Waals surface area contributed by atoms with Gasteiger partial charge in [-0.15, -0.1) is 0 Å². The average Bonchev–Trinajstić information content (AvgIpc) is 2.37. The first-order valence-electron chi connectivity index (χ1n) is 5.49. The molecule has 0 fully saturated rings. The van der Waals surface area contributed by atoms with Crippen molar-refractivity contribution in [2.45, 2.75) is 4.90 Å². The second-order valence-corrected chi connectivity index (χ2v) is 6.04. The van der Waals surface area contributed by atoms with E-state index in [4.69, 9.17) is 0 Å². The number of benzene rings is 1. The van der Waals surface area contributed by atoms with Crippen LogP contribution in [0.3, 0.4) is 0 Å². The van der Waals surface area contributed by atoms with E-state index in [9.17, 15) is 13.2 Å². The largest absolute Gasteiger partial charge is 0.268 e. The van der Waals surface area contributed by atoms with Gasteiger partial charge in [0.2, 0.25) is 0 Å². The van der Waals surface area contributed by atoms with Gasteiger partial charge < -0.3 is 0 Å². The molecule has 98 valence electrons. The maximum atomic E-state index is 11.3. The molecule has 2 rings (SSSR count). The van der Waals surface area contributed by atoms with Gasteiger partial charge in [0.15, 0.2) is 9.84 Å². The fourth-order valence-electron chi connectivity index (χ4n) is 1.46. The van der Waals surface area contributed by atoms with Crippen LogP contribution >= 0.6 is 0 Å². The highest BCUT2D eigenvalue weighted by Crippen LogP contribution is 2.12. The van der Waals surface area contributed by atoms with Gasteiger partial charge in [-0.3, -0.25) is 4.79 Å². The lowest BCUT2D eigenvalue weighted by Gasteiger charge is -1.98. The van der Waals surface area contributed by atoms with Gasteiger partial charge >= 0.3 is 0 Å². The van der Waals surface area contributed by atoms with Gasteiger partial charge in [-0.25, -0.2) is 13.5 Å². The third kappa shape index (κ3) is 3.62. The monoisotopic (exact) mass is 276 g/mol. The molecular formula is C13H12N2O3S. The molecule has 0 aliphatic carbocycles. The molecule has 1 N–H and O–H groups in total. The van der Waals surface area contributed by atoms with Crippen molar-refractivity contribution in [3.8, 4) is 0 Å². The van der Waals surface area contributed by atoms with Crippen LogP contribution in [0, 0.1) is 0 Å². The van der Waals surface area contributed by atoms with E-state index in [1.165, 1.54) is 12.3 Å². The van der Waals surface area contributed by atoms with Gasteiger partial charge in [-0.1, -0.05) is 18.2 Å². The molecule has 1 aromatic heterocycles. The topological polar surface area (TPSA) is 79.9 Å². The van der Waals surface area contributed by atoms with E-state index >= 15 is 0 Å². The molecule has 0 saturated heterocycles. The summed E-state index contributed by atoms with van der Waals surface area (Å²) in [5.74, 6) is 0. The van der Waals surface area contributed by atoms with E-state index in [1.807, 2.05) is 0 Å². The summed E-state index contributed by atoms with van der Waals surface area (Å²) >= 11 is 0. The zero-order chi connectivity index (χ0) is 13.9. The summed E-state index contributed by atoms with van der Waals surface area (Å²) in [7, 11) is -3.17. The Kier molecular flexibility index (Phi) is 3.62. The minimum atomic E-state index is -3.17. The zero-order valence-corrected chi connectivity index (χ0v) is 11.0. The van der Waals surface area contributed by atoms with Crippen LogP contribution in [0.15, 0.2) is 46.1 Å². The number of nitrogens with zero attached hydrogens (tertiary/aromatic N) is 1. The Morgan fingerprint density at radius 3 is 2.26 bits per heavy atom. The normalized spacial score (nSPS) is 11.8. The molecular weight excluding hydrogens is 264 g/mol. The molecule has 0 bridgehead atoms. The fourth-order valence-corrected chi connectivity index (χ4v) is 2.09. The molecule has 0 spiro atoms. The highest BCUT2D eigenvalue weighted by atomic mass is 32.2. The maximum absolute atomic E-state index is 11.3. The third-order valence-electron chi connectivity index (χ3n) is 2.46. The minimum Gasteiger partial charge on any atom is -0.268 e. The first-order valence-corrected chi connectivity index (χ1v) is 7.38. The zero-order valence-electron chi connectivity index (χ0n) is 10.2. The summed E-state index contributed by atoms with van der Waals surface area (Å²) in [5.41, 5.74) is 1.21. The fraction of sp³-hybridized carbons (Fsp3) is 0.0769. The van der Waals surface area contributed by atoms with Crippen molar-refractivity contribution < 1.29 is 8.42 Å². The average molecular weight is 276 g/mol. The molecule has 0 atom stereocenters. The Morgan fingerprint density at radius 2 is 1.74 bits per heavy atom. The number of sulfone groups is 1. The number of hydrogen-bond donors (Lipinski definition) is 1. The molecule has 6 heteroatoms. The van der Waals surface area contributed by atoms with E-state index in [-0.39, 0.29) is 10.5 Å². The highest BCUT2D eigenvalue weighted by molar-refractivity contribution is 7.90. The highest BCUT2D eigenvalue weighted by Gasteiger charge is 2.04. The van der Waals surface area contributed by atoms with Crippen molar-refractivity contribution in [2.24, 2.45) is 0 Å². The molecule has 0 amide bonds. The molecule has 1 heterocycles. The third-order valence-corrected chi connectivity index (χ3v) is 3.58. The van der Waals surface area contributed by atoms with Crippen molar-refractivity contribution in [2.75, 3.05) is 6.26 Å². The molecule has 0 radical (unpaired) electrons. The summed E-state index contributed by atoms with van der Waals surface area (Å²) < 4.78 is 22.6. The Hall–Kier alpha value is -2.21. The van der Waals surface area contributed by atoms with Crippen LogP contribution in [0.2, 0.25) is 0 Å². The summed E-state index contributed by atoms with van der Waals surface area (Å²) in [4.78, 5) is 11.1. The number of aromatic nitrogens is 2. The van der Waals surface area contributed by atoms with Crippen molar-refractivity contribution in [1.29, 1.82) is 0 Å². The van der Waals surface area contributed by atoms with E-state index in [0.717, 1.165) is 5.56 Å². The van der Waals surface area contributed by atoms with Crippen molar-refractivity contribution in [3.63, 3.8) is 0 Å². The Bertz CT molecular complexity index is 739. The Labute approximate surface area is 110 Å². The van der Waals surface area contributed by atoms with Crippen LogP contribution in [0.1, 0.15) is 11.3 Å². The van der Waals surface area contributed by atoms with Crippen molar-refractivity contribution in [3.05, 3.63) is 58.0 Å². The SMILES string of the molecule is CS(=O)(=O)c1ccc(/C=C/c2ccc(=O)[nH]n2)cc1. The maximum Gasteiger partial charge on any atom is 0.264 e. The van der Waals surface area contributed by atoms with E-state index in [1.54, 1.807) is 42.5 Å². The summed E-state index contributed by atoms with van der Waals surface area (Å²) in [6, 6.07) is 9.50. The lowest BCUT2D eigenvalue weighted by Crippen LogP contribution is -2.05. The predicted molar refractivity (Wildman–Crippen MR) is 73.3 cm³/mol. The van der Waals surface area contributed by atoms with Crippen LogP contribution in [0.25, 0.3) is 12.2 Å². The van der Waals surface area contributed by atoms with Gasteiger partial charge in [0.1, 0.15) is 0 Å². The Morgan fingerprint density at radius 1 is 1.05 bits per heavy atom. The number of aromatic amines is 1. The first kappa shape index (κ1) is 13.2. The number of rotatable bonds is 3. The lowest BCUT2D eigenvalue weighted by molar-refractivity contribution is 0.602. The Balaban J connectivity index is 2.20. The van der Waals surface area contributed by atoms with Gasteiger partial charge in [0.05, 0.1) is 10.6 Å². The molecule has 0 aliphatic rings. The van der Waals surface area contributed by atoms with Gasteiger partial charge in [-0.05, 0) is 29.8 Å². The van der Waals surface area contributed by atoms with Crippen LogP contribution in [0.4, 0.5) is 0 Å². The van der Waals surface area contributed by atoms with Crippen LogP contribution in [-0.4, -0.2) is 24.9 Å². The van der Waals surface area contributed by atoms with Crippen LogP contribution in [-0.2, 0) is 9.84 Å². The van der Waals surface area contributed by atoms with Crippen molar-refractivity contribution in [1.82, 2.24) is 10.2 Å². The van der Waals surface area contributed by atoms with Crippen molar-refractivity contribution >= 4 is 22.0 Å². The number of hydrogen-bond acceptors (Lipinski definition) is 4. The van der Waals surface area contributed by atoms with Crippen LogP contribution < -0.4 is 5.56 Å². The van der Waals surface area contributed by atoms with Gasteiger partial charge in [0, 0.05) is 12.3 Å². The number of H-pyrrole nitrogens is 1. The summed E-state index contributed by atoms with van der Waals surface area (Å²) in [6.45, 7) is 0. The van der Waals surface area contributed by atoms with Gasteiger partial charge in [-0.2, -0.15) is 5.10 Å².